The summed E-state index contributed by atoms with van der Waals surface area (Å²) in [7, 11) is 3.94. The minimum absolute atomic E-state index is 0.0130. The van der Waals surface area contributed by atoms with Crippen LogP contribution in [0.2, 0.25) is 0 Å². The maximum absolute atomic E-state index is 12.4. The lowest BCUT2D eigenvalue weighted by Crippen LogP contribution is -2.14. The Morgan fingerprint density at radius 1 is 0.818 bits per heavy atom. The van der Waals surface area contributed by atoms with Crippen molar-refractivity contribution >= 4 is 11.6 Å². The van der Waals surface area contributed by atoms with Crippen molar-refractivity contribution in [2.45, 2.75) is 19.4 Å². The molecular weight excluding hydrogens is 274 g/mol. The Bertz CT molecular complexity index is 647. The number of benzene rings is 2. The highest BCUT2D eigenvalue weighted by atomic mass is 16.1. The maximum atomic E-state index is 12.4. The second-order valence-electron chi connectivity index (χ2n) is 5.61. The van der Waals surface area contributed by atoms with Crippen LogP contribution in [-0.4, -0.2) is 30.6 Å². The van der Waals surface area contributed by atoms with Crippen molar-refractivity contribution in [3.8, 4) is 0 Å². The first-order chi connectivity index (χ1) is 10.6. The van der Waals surface area contributed by atoms with Gasteiger partial charge in [-0.25, -0.2) is 0 Å². The number of ketones is 2. The Balaban J connectivity index is 2.02. The fourth-order valence-electron chi connectivity index (χ4n) is 2.40. The van der Waals surface area contributed by atoms with E-state index in [1.165, 1.54) is 0 Å². The van der Waals surface area contributed by atoms with Crippen LogP contribution in [0.1, 0.15) is 39.1 Å². The van der Waals surface area contributed by atoms with Crippen molar-refractivity contribution in [3.63, 3.8) is 0 Å². The predicted molar refractivity (Wildman–Crippen MR) is 88.2 cm³/mol. The third-order valence-corrected chi connectivity index (χ3v) is 3.48. The van der Waals surface area contributed by atoms with Crippen LogP contribution in [-0.2, 0) is 6.54 Å². The lowest BCUT2D eigenvalue weighted by molar-refractivity contribution is 0.0916. The third kappa shape index (κ3) is 4.37. The number of hydrogen-bond acceptors (Lipinski definition) is 3. The average Bonchev–Trinajstić information content (AvgIpc) is 2.53. The normalized spacial score (nSPS) is 10.7. The van der Waals surface area contributed by atoms with Gasteiger partial charge >= 0.3 is 0 Å². The zero-order valence-electron chi connectivity index (χ0n) is 13.1. The molecule has 0 amide bonds. The van der Waals surface area contributed by atoms with Crippen molar-refractivity contribution in [1.82, 2.24) is 4.90 Å². The van der Waals surface area contributed by atoms with E-state index >= 15 is 0 Å². The molecule has 114 valence electrons. The molecule has 2 aromatic rings. The van der Waals surface area contributed by atoms with Gasteiger partial charge < -0.3 is 4.90 Å². The lowest BCUT2D eigenvalue weighted by Gasteiger charge is -2.13. The number of nitrogens with zero attached hydrogens (tertiary/aromatic N) is 1. The van der Waals surface area contributed by atoms with Crippen molar-refractivity contribution in [2.24, 2.45) is 0 Å². The van der Waals surface area contributed by atoms with Crippen LogP contribution < -0.4 is 0 Å². The van der Waals surface area contributed by atoms with E-state index in [4.69, 9.17) is 0 Å². The van der Waals surface area contributed by atoms with Crippen molar-refractivity contribution < 1.29 is 9.59 Å². The number of carbonyl (C=O) groups excluding carboxylic acids is 2. The van der Waals surface area contributed by atoms with E-state index in [1.54, 1.807) is 12.1 Å². The minimum Gasteiger partial charge on any atom is -0.305 e. The van der Waals surface area contributed by atoms with Crippen LogP contribution in [0.5, 0.6) is 0 Å². The van der Waals surface area contributed by atoms with E-state index in [0.717, 1.165) is 11.1 Å². The summed E-state index contributed by atoms with van der Waals surface area (Å²) in [6.07, 6.45) is 0.497. The molecule has 0 bridgehead atoms. The molecule has 0 aliphatic rings. The second-order valence-corrected chi connectivity index (χ2v) is 5.61. The minimum atomic E-state index is 0.0130. The van der Waals surface area contributed by atoms with Gasteiger partial charge in [-0.15, -0.1) is 0 Å². The van der Waals surface area contributed by atoms with Crippen LogP contribution in [0.15, 0.2) is 54.6 Å². The quantitative estimate of drug-likeness (QED) is 0.732. The first kappa shape index (κ1) is 16.1. The molecule has 0 aliphatic heterocycles. The number of rotatable bonds is 7. The molecule has 2 aromatic carbocycles. The molecule has 2 rings (SSSR count). The zero-order valence-corrected chi connectivity index (χ0v) is 13.1. The zero-order chi connectivity index (χ0) is 15.9. The standard InChI is InChI=1S/C19H21NO2/c1-20(2)14-16-10-6-7-11-17(16)19(22)13-12-18(21)15-8-4-3-5-9-15/h3-11H,12-14H2,1-2H3. The van der Waals surface area contributed by atoms with Crippen molar-refractivity contribution in [1.29, 1.82) is 0 Å². The molecule has 3 heteroatoms. The Morgan fingerprint density at radius 2 is 1.41 bits per heavy atom. The first-order valence-electron chi connectivity index (χ1n) is 7.42. The molecule has 0 atom stereocenters. The Kier molecular flexibility index (Phi) is 5.61. The van der Waals surface area contributed by atoms with Crippen molar-refractivity contribution in [2.75, 3.05) is 14.1 Å². The van der Waals surface area contributed by atoms with Crippen LogP contribution in [0.25, 0.3) is 0 Å². The predicted octanol–water partition coefficient (Wildman–Crippen LogP) is 3.59. The van der Waals surface area contributed by atoms with Gasteiger partial charge in [0.05, 0.1) is 0 Å². The van der Waals surface area contributed by atoms with Gasteiger partial charge in [-0.2, -0.15) is 0 Å². The highest BCUT2D eigenvalue weighted by molar-refractivity contribution is 6.02. The summed E-state index contributed by atoms with van der Waals surface area (Å²) in [6.45, 7) is 0.717. The molecule has 22 heavy (non-hydrogen) atoms. The smallest absolute Gasteiger partial charge is 0.163 e. The van der Waals surface area contributed by atoms with Gasteiger partial charge in [0, 0.05) is 30.5 Å². The molecule has 0 aliphatic carbocycles. The van der Waals surface area contributed by atoms with E-state index in [2.05, 4.69) is 0 Å². The number of carbonyl (C=O) groups is 2. The number of hydrogen-bond donors (Lipinski definition) is 0. The summed E-state index contributed by atoms with van der Waals surface area (Å²) >= 11 is 0. The summed E-state index contributed by atoms with van der Waals surface area (Å²) in [5, 5.41) is 0. The molecule has 3 nitrogen and oxygen atoms in total. The molecule has 0 unspecified atom stereocenters. The molecule has 0 radical (unpaired) electrons. The van der Waals surface area contributed by atoms with Gasteiger partial charge in [-0.1, -0.05) is 54.6 Å². The Hall–Kier alpha value is -2.26. The first-order valence-corrected chi connectivity index (χ1v) is 7.42. The van der Waals surface area contributed by atoms with E-state index in [-0.39, 0.29) is 24.4 Å². The molecule has 0 saturated carbocycles. The van der Waals surface area contributed by atoms with Crippen LogP contribution in [0, 0.1) is 0 Å². The Morgan fingerprint density at radius 3 is 2.09 bits per heavy atom. The van der Waals surface area contributed by atoms with Gasteiger partial charge in [0.1, 0.15) is 0 Å². The van der Waals surface area contributed by atoms with Crippen LogP contribution in [0.3, 0.4) is 0 Å². The topological polar surface area (TPSA) is 37.4 Å². The molecular formula is C19H21NO2. The molecule has 0 spiro atoms. The van der Waals surface area contributed by atoms with E-state index in [0.29, 0.717) is 12.1 Å². The fourth-order valence-corrected chi connectivity index (χ4v) is 2.40. The SMILES string of the molecule is CN(C)Cc1ccccc1C(=O)CCC(=O)c1ccccc1. The van der Waals surface area contributed by atoms with E-state index < -0.39 is 0 Å². The summed E-state index contributed by atoms with van der Waals surface area (Å²) in [5.41, 5.74) is 2.39. The average molecular weight is 295 g/mol. The largest absolute Gasteiger partial charge is 0.305 e. The fraction of sp³-hybridized carbons (Fsp3) is 0.263. The molecule has 0 aromatic heterocycles. The monoisotopic (exact) mass is 295 g/mol. The summed E-state index contributed by atoms with van der Waals surface area (Å²) in [4.78, 5) is 26.5. The van der Waals surface area contributed by atoms with Gasteiger partial charge in [0.2, 0.25) is 0 Å². The molecule has 0 saturated heterocycles. The number of Topliss-reactive ketones (excluding diaryl/α,β-unsaturated/α-hetero) is 2. The van der Waals surface area contributed by atoms with Gasteiger partial charge in [-0.3, -0.25) is 9.59 Å². The van der Waals surface area contributed by atoms with Crippen LogP contribution >= 0.6 is 0 Å². The summed E-state index contributed by atoms with van der Waals surface area (Å²) < 4.78 is 0. The highest BCUT2D eigenvalue weighted by Crippen LogP contribution is 2.15. The molecule has 0 fully saturated rings. The van der Waals surface area contributed by atoms with Gasteiger partial charge in [0.15, 0.2) is 11.6 Å². The highest BCUT2D eigenvalue weighted by Gasteiger charge is 2.14. The van der Waals surface area contributed by atoms with Crippen molar-refractivity contribution in [3.05, 3.63) is 71.3 Å². The molecule has 0 N–H and O–H groups in total. The van der Waals surface area contributed by atoms with E-state index in [9.17, 15) is 9.59 Å². The van der Waals surface area contributed by atoms with Gasteiger partial charge in [-0.05, 0) is 19.7 Å². The third-order valence-electron chi connectivity index (χ3n) is 3.48. The van der Waals surface area contributed by atoms with Crippen LogP contribution in [0.4, 0.5) is 0 Å². The maximum Gasteiger partial charge on any atom is 0.163 e. The van der Waals surface area contributed by atoms with Gasteiger partial charge in [0.25, 0.3) is 0 Å². The Labute approximate surface area is 131 Å². The summed E-state index contributed by atoms with van der Waals surface area (Å²) in [5.74, 6) is 0.0424. The lowest BCUT2D eigenvalue weighted by atomic mass is 9.98. The van der Waals surface area contributed by atoms with E-state index in [1.807, 2.05) is 61.5 Å². The second kappa shape index (κ2) is 7.66. The molecule has 0 heterocycles. The summed E-state index contributed by atoms with van der Waals surface area (Å²) in [6, 6.07) is 16.7.